The molecule has 0 radical (unpaired) electrons. The maximum absolute atomic E-state index is 12.4. The third-order valence-corrected chi connectivity index (χ3v) is 5.16. The first kappa shape index (κ1) is 26.7. The number of aliphatic imine (C=N–C) groups is 1. The monoisotopic (exact) mass is 563 g/mol. The average Bonchev–Trinajstić information content (AvgIpc) is 3.11. The molecule has 1 aromatic heterocycles. The summed E-state index contributed by atoms with van der Waals surface area (Å²) in [6, 6.07) is 15.6. The third-order valence-electron chi connectivity index (χ3n) is 5.16. The summed E-state index contributed by atoms with van der Waals surface area (Å²) in [5, 5.41) is 10.7. The lowest BCUT2D eigenvalue weighted by Gasteiger charge is -2.12. The molecule has 3 rings (SSSR count). The average molecular weight is 563 g/mol. The predicted molar refractivity (Wildman–Crippen MR) is 145 cm³/mol. The first-order valence-electron chi connectivity index (χ1n) is 11.0. The molecule has 0 fully saturated rings. The molecule has 0 unspecified atom stereocenters. The number of carbonyl (C=O) groups excluding carboxylic acids is 1. The van der Waals surface area contributed by atoms with Crippen molar-refractivity contribution in [2.24, 2.45) is 4.99 Å². The summed E-state index contributed by atoms with van der Waals surface area (Å²) >= 11 is 0. The number of hydrogen-bond donors (Lipinski definition) is 3. The van der Waals surface area contributed by atoms with Crippen LogP contribution >= 0.6 is 24.0 Å². The molecule has 3 N–H and O–H groups in total. The predicted octanol–water partition coefficient (Wildman–Crippen LogP) is 3.91. The molecule has 8 heteroatoms. The van der Waals surface area contributed by atoms with E-state index in [0.717, 1.165) is 40.9 Å². The molecule has 0 saturated heterocycles. The summed E-state index contributed by atoms with van der Waals surface area (Å²) in [4.78, 5) is 19.1. The zero-order valence-electron chi connectivity index (χ0n) is 19.8. The van der Waals surface area contributed by atoms with Gasteiger partial charge in [0.2, 0.25) is 0 Å². The number of fused-ring (bicyclic) bond motifs is 1. The van der Waals surface area contributed by atoms with Gasteiger partial charge in [0.05, 0.1) is 13.1 Å². The zero-order valence-corrected chi connectivity index (χ0v) is 22.1. The molecule has 0 bridgehead atoms. The number of halogens is 1. The first-order valence-corrected chi connectivity index (χ1v) is 11.0. The van der Waals surface area contributed by atoms with Crippen LogP contribution in [0.25, 0.3) is 11.0 Å². The van der Waals surface area contributed by atoms with Crippen LogP contribution in [0.5, 0.6) is 0 Å². The van der Waals surface area contributed by atoms with Gasteiger partial charge in [0, 0.05) is 36.1 Å². The number of amides is 1. The van der Waals surface area contributed by atoms with Crippen molar-refractivity contribution in [1.82, 2.24) is 20.9 Å². The number of benzene rings is 2. The van der Waals surface area contributed by atoms with Crippen LogP contribution in [-0.4, -0.2) is 50.5 Å². The molecule has 2 aromatic carbocycles. The highest BCUT2D eigenvalue weighted by Crippen LogP contribution is 2.24. The Morgan fingerprint density at radius 3 is 2.58 bits per heavy atom. The Morgan fingerprint density at radius 1 is 1.06 bits per heavy atom. The molecule has 33 heavy (non-hydrogen) atoms. The molecule has 0 atom stereocenters. The zero-order chi connectivity index (χ0) is 22.9. The summed E-state index contributed by atoms with van der Waals surface area (Å²) in [7, 11) is 3.96. The van der Waals surface area contributed by atoms with Gasteiger partial charge in [-0.2, -0.15) is 0 Å². The van der Waals surface area contributed by atoms with E-state index in [9.17, 15) is 4.79 Å². The van der Waals surface area contributed by atoms with Crippen molar-refractivity contribution in [3.63, 3.8) is 0 Å². The molecule has 0 spiro atoms. The molecule has 0 aliphatic rings. The van der Waals surface area contributed by atoms with Gasteiger partial charge in [0.25, 0.3) is 5.91 Å². The minimum Gasteiger partial charge on any atom is -0.459 e. The number of hydrogen-bond acceptors (Lipinski definition) is 4. The summed E-state index contributed by atoms with van der Waals surface area (Å²) in [5.74, 6) is 1.53. The number of nitrogens with zero attached hydrogens (tertiary/aromatic N) is 2. The van der Waals surface area contributed by atoms with Gasteiger partial charge in [0.15, 0.2) is 5.96 Å². The van der Waals surface area contributed by atoms with E-state index in [0.29, 0.717) is 31.2 Å². The fourth-order valence-corrected chi connectivity index (χ4v) is 3.38. The second kappa shape index (κ2) is 13.2. The fourth-order valence-electron chi connectivity index (χ4n) is 3.38. The number of nitrogens with one attached hydrogen (secondary N) is 3. The van der Waals surface area contributed by atoms with Crippen LogP contribution in [0.3, 0.4) is 0 Å². The van der Waals surface area contributed by atoms with Crippen molar-refractivity contribution in [2.45, 2.75) is 26.9 Å². The molecule has 0 aliphatic heterocycles. The van der Waals surface area contributed by atoms with E-state index < -0.39 is 0 Å². The van der Waals surface area contributed by atoms with Gasteiger partial charge < -0.3 is 25.3 Å². The Labute approximate surface area is 213 Å². The maximum atomic E-state index is 12.4. The molecule has 0 saturated carbocycles. The maximum Gasteiger partial charge on any atom is 0.251 e. The Bertz CT molecular complexity index is 1080. The molecule has 0 aliphatic carbocycles. The van der Waals surface area contributed by atoms with E-state index in [1.165, 1.54) is 0 Å². The van der Waals surface area contributed by atoms with Crippen LogP contribution in [-0.2, 0) is 13.1 Å². The van der Waals surface area contributed by atoms with Crippen LogP contribution in [0.2, 0.25) is 0 Å². The van der Waals surface area contributed by atoms with Gasteiger partial charge in [-0.25, -0.2) is 4.99 Å². The molecule has 1 heterocycles. The van der Waals surface area contributed by atoms with E-state index in [-0.39, 0.29) is 29.9 Å². The summed E-state index contributed by atoms with van der Waals surface area (Å²) in [6.45, 7) is 7.28. The second-order valence-corrected chi connectivity index (χ2v) is 7.95. The van der Waals surface area contributed by atoms with Gasteiger partial charge in [0.1, 0.15) is 11.3 Å². The number of para-hydroxylation sites is 1. The van der Waals surface area contributed by atoms with E-state index >= 15 is 0 Å². The van der Waals surface area contributed by atoms with Crippen LogP contribution in [0.1, 0.15) is 34.2 Å². The van der Waals surface area contributed by atoms with Crippen LogP contribution in [0.15, 0.2) is 57.9 Å². The van der Waals surface area contributed by atoms with Crippen molar-refractivity contribution in [1.29, 1.82) is 0 Å². The Morgan fingerprint density at radius 2 is 1.85 bits per heavy atom. The van der Waals surface area contributed by atoms with Gasteiger partial charge in [-0.05, 0) is 51.7 Å². The first-order chi connectivity index (χ1) is 15.5. The lowest BCUT2D eigenvalue weighted by molar-refractivity contribution is 0.0951. The molecular weight excluding hydrogens is 529 g/mol. The van der Waals surface area contributed by atoms with E-state index in [4.69, 9.17) is 4.42 Å². The minimum absolute atomic E-state index is 0. The normalized spacial score (nSPS) is 11.4. The molecule has 178 valence electrons. The fraction of sp³-hybridized carbons (Fsp3) is 0.360. The second-order valence-electron chi connectivity index (χ2n) is 7.95. The highest BCUT2D eigenvalue weighted by atomic mass is 127. The Kier molecular flexibility index (Phi) is 10.7. The number of guanidine groups is 1. The van der Waals surface area contributed by atoms with Crippen LogP contribution in [0, 0.1) is 6.92 Å². The summed E-state index contributed by atoms with van der Waals surface area (Å²) in [6.07, 6.45) is 0. The van der Waals surface area contributed by atoms with Crippen molar-refractivity contribution < 1.29 is 9.21 Å². The van der Waals surface area contributed by atoms with Crippen molar-refractivity contribution in [3.05, 3.63) is 71.0 Å². The van der Waals surface area contributed by atoms with Gasteiger partial charge in [-0.3, -0.25) is 4.79 Å². The Balaban J connectivity index is 0.00000385. The highest BCUT2D eigenvalue weighted by molar-refractivity contribution is 14.0. The number of rotatable bonds is 9. The van der Waals surface area contributed by atoms with Crippen molar-refractivity contribution in [2.75, 3.05) is 33.7 Å². The summed E-state index contributed by atoms with van der Waals surface area (Å²) in [5.41, 5.74) is 3.65. The Hall–Kier alpha value is -2.59. The van der Waals surface area contributed by atoms with Crippen LogP contribution < -0.4 is 16.0 Å². The topological polar surface area (TPSA) is 81.9 Å². The lowest BCUT2D eigenvalue weighted by Crippen LogP contribution is -2.36. The van der Waals surface area contributed by atoms with Crippen molar-refractivity contribution >= 4 is 46.8 Å². The standard InChI is InChI=1S/C25H33N5O2.HI/c1-5-26-25(29-17-23-18(2)21-11-6-7-12-22(21)32-23)28-16-19-9-8-10-20(15-19)24(31)27-13-14-30(3)4;/h6-12,15H,5,13-14,16-17H2,1-4H3,(H,27,31)(H2,26,28,29);1H. The number of aryl methyl sites for hydroxylation is 1. The summed E-state index contributed by atoms with van der Waals surface area (Å²) < 4.78 is 5.99. The van der Waals surface area contributed by atoms with E-state index in [1.807, 2.05) is 68.4 Å². The van der Waals surface area contributed by atoms with Gasteiger partial charge in [-0.1, -0.05) is 30.3 Å². The quantitative estimate of drug-likeness (QED) is 0.209. The van der Waals surface area contributed by atoms with Crippen LogP contribution in [0.4, 0.5) is 0 Å². The van der Waals surface area contributed by atoms with Gasteiger partial charge in [-0.15, -0.1) is 24.0 Å². The minimum atomic E-state index is -0.0666. The number of likely N-dealkylation sites (N-methyl/N-ethyl adjacent to an activating group) is 1. The van der Waals surface area contributed by atoms with Crippen molar-refractivity contribution in [3.8, 4) is 0 Å². The largest absolute Gasteiger partial charge is 0.459 e. The molecule has 1 amide bonds. The number of carbonyl (C=O) groups is 1. The SMILES string of the molecule is CCNC(=NCc1cccc(C(=O)NCCN(C)C)c1)NCc1oc2ccccc2c1C.I. The number of furan rings is 1. The molecular formula is C25H34IN5O2. The smallest absolute Gasteiger partial charge is 0.251 e. The third kappa shape index (κ3) is 7.75. The highest BCUT2D eigenvalue weighted by Gasteiger charge is 2.10. The lowest BCUT2D eigenvalue weighted by atomic mass is 10.1. The van der Waals surface area contributed by atoms with E-state index in [2.05, 4.69) is 33.9 Å². The van der Waals surface area contributed by atoms with Gasteiger partial charge >= 0.3 is 0 Å². The van der Waals surface area contributed by atoms with E-state index in [1.54, 1.807) is 0 Å². The molecule has 3 aromatic rings. The molecule has 7 nitrogen and oxygen atoms in total.